The van der Waals surface area contributed by atoms with Gasteiger partial charge in [-0.1, -0.05) is 42.5 Å². The molecular weight excluding hydrogens is 428 g/mol. The molecule has 1 amide bonds. The van der Waals surface area contributed by atoms with Crippen molar-refractivity contribution in [2.45, 2.75) is 13.5 Å². The molecule has 1 heterocycles. The molecule has 0 saturated heterocycles. The van der Waals surface area contributed by atoms with Crippen molar-refractivity contribution in [3.63, 3.8) is 0 Å². The number of thiazole rings is 1. The van der Waals surface area contributed by atoms with Crippen molar-refractivity contribution in [1.29, 1.82) is 0 Å². The first-order chi connectivity index (χ1) is 16.1. The second-order valence-electron chi connectivity index (χ2n) is 7.82. The lowest BCUT2D eigenvalue weighted by Crippen LogP contribution is -2.11. The van der Waals surface area contributed by atoms with Crippen LogP contribution >= 0.6 is 11.3 Å². The fraction of sp³-hybridized carbons (Fsp3) is 0.0714. The smallest absolute Gasteiger partial charge is 0.255 e. The summed E-state index contributed by atoms with van der Waals surface area (Å²) in [5.41, 5.74) is 5.62. The topological polar surface area (TPSA) is 51.2 Å². The Balaban J connectivity index is 1.26. The van der Waals surface area contributed by atoms with Gasteiger partial charge in [0.1, 0.15) is 17.4 Å². The minimum atomic E-state index is -0.177. The van der Waals surface area contributed by atoms with Crippen molar-refractivity contribution in [1.82, 2.24) is 4.98 Å². The quantitative estimate of drug-likeness (QED) is 0.300. The molecule has 0 bridgehead atoms. The fourth-order valence-corrected chi connectivity index (χ4v) is 4.59. The Morgan fingerprint density at radius 2 is 1.73 bits per heavy atom. The van der Waals surface area contributed by atoms with Crippen molar-refractivity contribution in [2.75, 3.05) is 5.32 Å². The first kappa shape index (κ1) is 20.9. The van der Waals surface area contributed by atoms with E-state index in [0.717, 1.165) is 27.3 Å². The lowest BCUT2D eigenvalue weighted by Gasteiger charge is -2.09. The predicted octanol–water partition coefficient (Wildman–Crippen LogP) is 7.10. The molecule has 1 N–H and O–H groups in total. The molecule has 0 aliphatic rings. The number of carbonyl (C=O) groups excluding carboxylic acids is 1. The number of hydrogen-bond donors (Lipinski definition) is 1. The molecule has 162 valence electrons. The molecule has 0 saturated carbocycles. The van der Waals surface area contributed by atoms with E-state index in [1.165, 1.54) is 10.3 Å². The number of aryl methyl sites for hydroxylation is 1. The summed E-state index contributed by atoms with van der Waals surface area (Å²) >= 11 is 1.67. The minimum Gasteiger partial charge on any atom is -0.489 e. The van der Waals surface area contributed by atoms with Gasteiger partial charge >= 0.3 is 0 Å². The molecule has 5 aromatic rings. The van der Waals surface area contributed by atoms with Crippen LogP contribution in [0.2, 0.25) is 0 Å². The highest BCUT2D eigenvalue weighted by atomic mass is 32.1. The third kappa shape index (κ3) is 4.94. The summed E-state index contributed by atoms with van der Waals surface area (Å²) in [7, 11) is 0. The summed E-state index contributed by atoms with van der Waals surface area (Å²) in [5.74, 6) is 0.483. The van der Waals surface area contributed by atoms with Crippen LogP contribution in [0.5, 0.6) is 5.75 Å². The van der Waals surface area contributed by atoms with E-state index in [4.69, 9.17) is 9.72 Å². The monoisotopic (exact) mass is 450 g/mol. The third-order valence-electron chi connectivity index (χ3n) is 5.28. The Bertz CT molecular complexity index is 1410. The van der Waals surface area contributed by atoms with Crippen molar-refractivity contribution < 1.29 is 9.53 Å². The summed E-state index contributed by atoms with van der Waals surface area (Å²) in [5, 5.41) is 3.93. The van der Waals surface area contributed by atoms with Gasteiger partial charge in [-0.15, -0.1) is 11.3 Å². The van der Waals surface area contributed by atoms with Gasteiger partial charge in [-0.25, -0.2) is 4.98 Å². The Morgan fingerprint density at radius 1 is 0.909 bits per heavy atom. The lowest BCUT2D eigenvalue weighted by molar-refractivity contribution is 0.102. The molecule has 1 aromatic heterocycles. The van der Waals surface area contributed by atoms with E-state index in [2.05, 4.69) is 30.4 Å². The molecule has 5 rings (SSSR count). The molecule has 0 unspecified atom stereocenters. The molecule has 0 spiro atoms. The maximum absolute atomic E-state index is 12.8. The van der Waals surface area contributed by atoms with E-state index in [9.17, 15) is 4.79 Å². The number of nitrogens with zero attached hydrogens (tertiary/aromatic N) is 1. The highest BCUT2D eigenvalue weighted by Gasteiger charge is 2.10. The number of amides is 1. The predicted molar refractivity (Wildman–Crippen MR) is 135 cm³/mol. The molecule has 0 aliphatic carbocycles. The van der Waals surface area contributed by atoms with Crippen LogP contribution < -0.4 is 10.1 Å². The van der Waals surface area contributed by atoms with Gasteiger partial charge < -0.3 is 10.1 Å². The number of anilines is 1. The number of fused-ring (bicyclic) bond motifs is 1. The van der Waals surface area contributed by atoms with Crippen LogP contribution in [-0.4, -0.2) is 10.9 Å². The number of aromatic nitrogens is 1. The number of benzene rings is 4. The minimum absolute atomic E-state index is 0.177. The van der Waals surface area contributed by atoms with Crippen molar-refractivity contribution in [3.8, 4) is 16.3 Å². The zero-order valence-electron chi connectivity index (χ0n) is 18.1. The standard InChI is InChI=1S/C28H22N2O2S/c1-19-10-15-25-26(16-19)33-28(30-25)21-11-13-23(14-12-21)29-27(31)22-8-5-9-24(17-22)32-18-20-6-3-2-4-7-20/h2-17H,18H2,1H3,(H,29,31). The SMILES string of the molecule is Cc1ccc2nc(-c3ccc(NC(=O)c4cccc(OCc5ccccc5)c4)cc3)sc2c1. The highest BCUT2D eigenvalue weighted by molar-refractivity contribution is 7.21. The van der Waals surface area contributed by atoms with Crippen LogP contribution in [0.4, 0.5) is 5.69 Å². The van der Waals surface area contributed by atoms with Crippen LogP contribution in [0, 0.1) is 6.92 Å². The largest absolute Gasteiger partial charge is 0.489 e. The number of hydrogen-bond acceptors (Lipinski definition) is 4. The zero-order valence-corrected chi connectivity index (χ0v) is 18.9. The van der Waals surface area contributed by atoms with E-state index in [-0.39, 0.29) is 5.91 Å². The third-order valence-corrected chi connectivity index (χ3v) is 6.35. The molecule has 0 aliphatic heterocycles. The molecular formula is C28H22N2O2S. The van der Waals surface area contributed by atoms with Crippen molar-refractivity contribution in [3.05, 3.63) is 114 Å². The molecule has 5 heteroatoms. The van der Waals surface area contributed by atoms with Gasteiger partial charge in [-0.2, -0.15) is 0 Å². The molecule has 0 fully saturated rings. The summed E-state index contributed by atoms with van der Waals surface area (Å²) in [6.07, 6.45) is 0. The van der Waals surface area contributed by atoms with E-state index >= 15 is 0 Å². The van der Waals surface area contributed by atoms with Crippen LogP contribution in [0.25, 0.3) is 20.8 Å². The van der Waals surface area contributed by atoms with Crippen molar-refractivity contribution in [2.24, 2.45) is 0 Å². The maximum atomic E-state index is 12.8. The molecule has 0 radical (unpaired) electrons. The Kier molecular flexibility index (Phi) is 5.87. The van der Waals surface area contributed by atoms with Gasteiger partial charge in [0.2, 0.25) is 0 Å². The molecule has 4 nitrogen and oxygen atoms in total. The van der Waals surface area contributed by atoms with Gasteiger partial charge in [-0.3, -0.25) is 4.79 Å². The average molecular weight is 451 g/mol. The van der Waals surface area contributed by atoms with Gasteiger partial charge in [0.05, 0.1) is 10.2 Å². The first-order valence-corrected chi connectivity index (χ1v) is 11.5. The van der Waals surface area contributed by atoms with Gasteiger partial charge in [-0.05, 0) is 72.6 Å². The van der Waals surface area contributed by atoms with Crippen LogP contribution in [0.3, 0.4) is 0 Å². The van der Waals surface area contributed by atoms with Crippen molar-refractivity contribution >= 4 is 33.1 Å². The second-order valence-corrected chi connectivity index (χ2v) is 8.85. The summed E-state index contributed by atoms with van der Waals surface area (Å²) in [4.78, 5) is 17.5. The molecule has 4 aromatic carbocycles. The average Bonchev–Trinajstić information content (AvgIpc) is 3.27. The fourth-order valence-electron chi connectivity index (χ4n) is 3.52. The van der Waals surface area contributed by atoms with E-state index < -0.39 is 0 Å². The van der Waals surface area contributed by atoms with Gasteiger partial charge in [0, 0.05) is 16.8 Å². The number of ether oxygens (including phenoxy) is 1. The Labute approximate surface area is 196 Å². The van der Waals surface area contributed by atoms with Crippen LogP contribution in [-0.2, 0) is 6.61 Å². The van der Waals surface area contributed by atoms with Crippen LogP contribution in [0.1, 0.15) is 21.5 Å². The van der Waals surface area contributed by atoms with E-state index in [1.807, 2.05) is 66.7 Å². The molecule has 0 atom stereocenters. The number of rotatable bonds is 6. The van der Waals surface area contributed by atoms with E-state index in [0.29, 0.717) is 17.9 Å². The number of carbonyl (C=O) groups is 1. The Morgan fingerprint density at radius 3 is 2.55 bits per heavy atom. The normalized spacial score (nSPS) is 10.8. The highest BCUT2D eigenvalue weighted by Crippen LogP contribution is 2.31. The summed E-state index contributed by atoms with van der Waals surface area (Å²) < 4.78 is 7.02. The maximum Gasteiger partial charge on any atom is 0.255 e. The van der Waals surface area contributed by atoms with Gasteiger partial charge in [0.25, 0.3) is 5.91 Å². The van der Waals surface area contributed by atoms with Crippen LogP contribution in [0.15, 0.2) is 97.1 Å². The lowest BCUT2D eigenvalue weighted by atomic mass is 10.1. The van der Waals surface area contributed by atoms with E-state index in [1.54, 1.807) is 23.5 Å². The molecule has 33 heavy (non-hydrogen) atoms. The summed E-state index contributed by atoms with van der Waals surface area (Å²) in [6, 6.07) is 31.2. The zero-order chi connectivity index (χ0) is 22.6. The Hall–Kier alpha value is -3.96. The first-order valence-electron chi connectivity index (χ1n) is 10.7. The second kappa shape index (κ2) is 9.27. The van der Waals surface area contributed by atoms with Gasteiger partial charge in [0.15, 0.2) is 0 Å². The summed E-state index contributed by atoms with van der Waals surface area (Å²) in [6.45, 7) is 2.54. The number of nitrogens with one attached hydrogen (secondary N) is 1.